The van der Waals surface area contributed by atoms with Crippen molar-refractivity contribution >= 4 is 17.8 Å². The maximum absolute atomic E-state index is 11.5. The summed E-state index contributed by atoms with van der Waals surface area (Å²) in [7, 11) is 0. The van der Waals surface area contributed by atoms with Gasteiger partial charge in [-0.25, -0.2) is 0 Å². The largest absolute Gasteiger partial charge is 0.423 e. The predicted molar refractivity (Wildman–Crippen MR) is 79.2 cm³/mol. The molecule has 120 valence electrons. The van der Waals surface area contributed by atoms with Crippen LogP contribution in [-0.2, 0) is 20.8 Å². The summed E-state index contributed by atoms with van der Waals surface area (Å²) in [6.45, 7) is 3.30. The van der Waals surface area contributed by atoms with Gasteiger partial charge < -0.3 is 20.9 Å². The Morgan fingerprint density at radius 1 is 1.05 bits per heavy atom. The molecule has 0 radical (unpaired) electrons. The molecule has 0 bridgehead atoms. The molecule has 4 N–H and O–H groups in total. The summed E-state index contributed by atoms with van der Waals surface area (Å²) in [6.07, 6.45) is 0.551. The molecule has 7 heteroatoms. The van der Waals surface area contributed by atoms with Gasteiger partial charge in [-0.2, -0.15) is 0 Å². The standard InChI is InChI=1S/C15H20N2O5/c1-3-13(18)21-11-6-5-9(7-10(16)15(17)20)8-12(11)22-14(19)4-2/h5-6,8,10H,3-4,7,16H2,1-2H3,(H2,17,20). The number of primary amides is 1. The van der Waals surface area contributed by atoms with E-state index in [0.717, 1.165) is 0 Å². The SMILES string of the molecule is CCC(=O)Oc1ccc(CC(N)C(N)=O)cc1OC(=O)CC. The normalized spacial score (nSPS) is 11.6. The van der Waals surface area contributed by atoms with E-state index in [-0.39, 0.29) is 30.8 Å². The van der Waals surface area contributed by atoms with Crippen molar-refractivity contribution < 1.29 is 23.9 Å². The van der Waals surface area contributed by atoms with Gasteiger partial charge in [-0.1, -0.05) is 19.9 Å². The topological polar surface area (TPSA) is 122 Å². The Morgan fingerprint density at radius 3 is 2.09 bits per heavy atom. The number of nitrogens with two attached hydrogens (primary N) is 2. The fraction of sp³-hybridized carbons (Fsp3) is 0.400. The lowest BCUT2D eigenvalue weighted by Crippen LogP contribution is -2.38. The molecule has 0 spiro atoms. The Kier molecular flexibility index (Phi) is 6.52. The molecule has 0 heterocycles. The third kappa shape index (κ3) is 5.17. The van der Waals surface area contributed by atoms with E-state index >= 15 is 0 Å². The maximum atomic E-state index is 11.5. The molecule has 1 aromatic rings. The van der Waals surface area contributed by atoms with Crippen LogP contribution in [-0.4, -0.2) is 23.9 Å². The van der Waals surface area contributed by atoms with Gasteiger partial charge >= 0.3 is 11.9 Å². The van der Waals surface area contributed by atoms with Crippen molar-refractivity contribution in [2.24, 2.45) is 11.5 Å². The molecule has 0 fully saturated rings. The molecule has 1 aromatic carbocycles. The number of rotatable bonds is 7. The van der Waals surface area contributed by atoms with Gasteiger partial charge in [0.15, 0.2) is 11.5 Å². The number of amides is 1. The first-order valence-corrected chi connectivity index (χ1v) is 6.96. The third-order valence-corrected chi connectivity index (χ3v) is 2.85. The molecule has 1 rings (SSSR count). The molecule has 1 amide bonds. The predicted octanol–water partition coefficient (Wildman–Crippen LogP) is 0.672. The lowest BCUT2D eigenvalue weighted by molar-refractivity contribution is -0.136. The van der Waals surface area contributed by atoms with Crippen LogP contribution in [0.4, 0.5) is 0 Å². The Bertz CT molecular complexity index is 571. The first-order valence-electron chi connectivity index (χ1n) is 6.96. The Morgan fingerprint density at radius 2 is 1.59 bits per heavy atom. The van der Waals surface area contributed by atoms with Crippen LogP contribution in [0.15, 0.2) is 18.2 Å². The Hall–Kier alpha value is -2.41. The van der Waals surface area contributed by atoms with Crippen LogP contribution in [0, 0.1) is 0 Å². The molecule has 1 unspecified atom stereocenters. The Labute approximate surface area is 128 Å². The van der Waals surface area contributed by atoms with E-state index < -0.39 is 23.9 Å². The third-order valence-electron chi connectivity index (χ3n) is 2.85. The molecular formula is C15H20N2O5. The highest BCUT2D eigenvalue weighted by molar-refractivity contribution is 5.80. The van der Waals surface area contributed by atoms with E-state index in [1.165, 1.54) is 12.1 Å². The van der Waals surface area contributed by atoms with Crippen LogP contribution in [0.5, 0.6) is 11.5 Å². The van der Waals surface area contributed by atoms with Gasteiger partial charge in [0.2, 0.25) is 5.91 Å². The van der Waals surface area contributed by atoms with Gasteiger partial charge in [-0.05, 0) is 24.1 Å². The molecule has 22 heavy (non-hydrogen) atoms. The van der Waals surface area contributed by atoms with Crippen molar-refractivity contribution in [1.82, 2.24) is 0 Å². The first kappa shape index (κ1) is 17.6. The number of hydrogen-bond donors (Lipinski definition) is 2. The van der Waals surface area contributed by atoms with Gasteiger partial charge in [0, 0.05) is 12.8 Å². The number of esters is 2. The van der Waals surface area contributed by atoms with Crippen molar-refractivity contribution in [2.45, 2.75) is 39.2 Å². The van der Waals surface area contributed by atoms with E-state index in [0.29, 0.717) is 5.56 Å². The summed E-state index contributed by atoms with van der Waals surface area (Å²) < 4.78 is 10.3. The quantitative estimate of drug-likeness (QED) is 0.564. The molecule has 0 aliphatic rings. The fourth-order valence-electron chi connectivity index (χ4n) is 1.59. The molecule has 0 saturated carbocycles. The molecular weight excluding hydrogens is 288 g/mol. The van der Waals surface area contributed by atoms with Crippen LogP contribution in [0.2, 0.25) is 0 Å². The van der Waals surface area contributed by atoms with Crippen molar-refractivity contribution in [2.75, 3.05) is 0 Å². The minimum Gasteiger partial charge on any atom is -0.423 e. The second-order valence-corrected chi connectivity index (χ2v) is 4.65. The zero-order valence-corrected chi connectivity index (χ0v) is 12.6. The van der Waals surface area contributed by atoms with Gasteiger partial charge in [-0.3, -0.25) is 14.4 Å². The van der Waals surface area contributed by atoms with Crippen LogP contribution in [0.1, 0.15) is 32.3 Å². The van der Waals surface area contributed by atoms with Gasteiger partial charge in [0.25, 0.3) is 0 Å². The zero-order valence-electron chi connectivity index (χ0n) is 12.6. The van der Waals surface area contributed by atoms with E-state index in [2.05, 4.69) is 0 Å². The number of ether oxygens (including phenoxy) is 2. The van der Waals surface area contributed by atoms with Gasteiger partial charge in [-0.15, -0.1) is 0 Å². The van der Waals surface area contributed by atoms with Gasteiger partial charge in [0.1, 0.15) is 0 Å². The van der Waals surface area contributed by atoms with Crippen molar-refractivity contribution in [1.29, 1.82) is 0 Å². The summed E-state index contributed by atoms with van der Waals surface area (Å²) in [6, 6.07) is 3.78. The lowest BCUT2D eigenvalue weighted by Gasteiger charge is -2.13. The highest BCUT2D eigenvalue weighted by Crippen LogP contribution is 2.29. The molecule has 0 aliphatic carbocycles. The van der Waals surface area contributed by atoms with E-state index in [4.69, 9.17) is 20.9 Å². The van der Waals surface area contributed by atoms with E-state index in [9.17, 15) is 14.4 Å². The number of carbonyl (C=O) groups is 3. The van der Waals surface area contributed by atoms with Crippen LogP contribution in [0.25, 0.3) is 0 Å². The van der Waals surface area contributed by atoms with Crippen molar-refractivity contribution in [3.05, 3.63) is 23.8 Å². The lowest BCUT2D eigenvalue weighted by atomic mass is 10.1. The summed E-state index contributed by atoms with van der Waals surface area (Å²) >= 11 is 0. The number of carbonyl (C=O) groups excluding carboxylic acids is 3. The minimum atomic E-state index is -0.848. The summed E-state index contributed by atoms with van der Waals surface area (Å²) in [5, 5.41) is 0. The highest BCUT2D eigenvalue weighted by atomic mass is 16.6. The second kappa shape index (κ2) is 8.14. The average molecular weight is 308 g/mol. The van der Waals surface area contributed by atoms with E-state index in [1.807, 2.05) is 0 Å². The second-order valence-electron chi connectivity index (χ2n) is 4.65. The fourth-order valence-corrected chi connectivity index (χ4v) is 1.59. The number of hydrogen-bond acceptors (Lipinski definition) is 6. The summed E-state index contributed by atoms with van der Waals surface area (Å²) in [4.78, 5) is 33.9. The summed E-state index contributed by atoms with van der Waals surface area (Å²) in [5.74, 6) is -1.29. The monoisotopic (exact) mass is 308 g/mol. The maximum Gasteiger partial charge on any atom is 0.311 e. The number of benzene rings is 1. The molecule has 0 aromatic heterocycles. The zero-order chi connectivity index (χ0) is 16.7. The minimum absolute atomic E-state index is 0.114. The molecule has 0 saturated heterocycles. The smallest absolute Gasteiger partial charge is 0.311 e. The van der Waals surface area contributed by atoms with E-state index in [1.54, 1.807) is 19.9 Å². The van der Waals surface area contributed by atoms with Crippen LogP contribution < -0.4 is 20.9 Å². The van der Waals surface area contributed by atoms with Crippen molar-refractivity contribution in [3.63, 3.8) is 0 Å². The van der Waals surface area contributed by atoms with Gasteiger partial charge in [0.05, 0.1) is 6.04 Å². The molecule has 1 atom stereocenters. The summed E-state index contributed by atoms with van der Waals surface area (Å²) in [5.41, 5.74) is 11.4. The first-order chi connectivity index (χ1) is 10.4. The molecule has 7 nitrogen and oxygen atoms in total. The van der Waals surface area contributed by atoms with Crippen LogP contribution >= 0.6 is 0 Å². The van der Waals surface area contributed by atoms with Crippen molar-refractivity contribution in [3.8, 4) is 11.5 Å². The average Bonchev–Trinajstić information content (AvgIpc) is 2.49. The molecule has 0 aliphatic heterocycles. The Balaban J connectivity index is 3.04. The highest BCUT2D eigenvalue weighted by Gasteiger charge is 2.16. The van der Waals surface area contributed by atoms with Crippen LogP contribution in [0.3, 0.4) is 0 Å².